The number of nitrogens with zero attached hydrogens (tertiary/aromatic N) is 2. The number of amides is 1. The summed E-state index contributed by atoms with van der Waals surface area (Å²) in [5.41, 5.74) is 1.48. The van der Waals surface area contributed by atoms with Crippen LogP contribution in [0.15, 0.2) is 51.8 Å². The lowest BCUT2D eigenvalue weighted by Crippen LogP contribution is -2.27. The predicted molar refractivity (Wildman–Crippen MR) is 116 cm³/mol. The molecule has 7 nitrogen and oxygen atoms in total. The van der Waals surface area contributed by atoms with Crippen LogP contribution in [0.25, 0.3) is 0 Å². The summed E-state index contributed by atoms with van der Waals surface area (Å²) in [5, 5.41) is 0. The summed E-state index contributed by atoms with van der Waals surface area (Å²) < 4.78 is 31.6. The van der Waals surface area contributed by atoms with Gasteiger partial charge in [0.2, 0.25) is 10.0 Å². The van der Waals surface area contributed by atoms with Gasteiger partial charge in [0.1, 0.15) is 6.61 Å². The van der Waals surface area contributed by atoms with Gasteiger partial charge in [-0.2, -0.15) is 0 Å². The van der Waals surface area contributed by atoms with Crippen molar-refractivity contribution in [2.75, 3.05) is 27.2 Å². The number of sulfonamides is 1. The third kappa shape index (κ3) is 4.91. The molecule has 2 aromatic rings. The summed E-state index contributed by atoms with van der Waals surface area (Å²) >= 11 is 3.21. The molecular formula is C21H23BrN2O5S. The number of esters is 1. The van der Waals surface area contributed by atoms with Crippen molar-refractivity contribution in [1.82, 2.24) is 9.21 Å². The Kier molecular flexibility index (Phi) is 6.95. The Morgan fingerprint density at radius 2 is 1.63 bits per heavy atom. The maximum absolute atomic E-state index is 12.4. The minimum absolute atomic E-state index is 0.00766. The highest BCUT2D eigenvalue weighted by Gasteiger charge is 2.23. The maximum atomic E-state index is 12.4. The minimum Gasteiger partial charge on any atom is -0.457 e. The molecule has 0 N–H and O–H groups in total. The van der Waals surface area contributed by atoms with Crippen LogP contribution in [0.3, 0.4) is 0 Å². The van der Waals surface area contributed by atoms with Gasteiger partial charge in [-0.05, 0) is 64.7 Å². The van der Waals surface area contributed by atoms with Gasteiger partial charge in [0.15, 0.2) is 0 Å². The van der Waals surface area contributed by atoms with E-state index >= 15 is 0 Å². The fraction of sp³-hybridized carbons (Fsp3) is 0.333. The normalized spacial score (nSPS) is 14.2. The van der Waals surface area contributed by atoms with Crippen molar-refractivity contribution in [2.45, 2.75) is 24.3 Å². The number of ether oxygens (including phenoxy) is 1. The lowest BCUT2D eigenvalue weighted by Gasteiger charge is -2.15. The van der Waals surface area contributed by atoms with Crippen LogP contribution in [0.2, 0.25) is 0 Å². The van der Waals surface area contributed by atoms with Crippen LogP contribution in [0.4, 0.5) is 0 Å². The maximum Gasteiger partial charge on any atom is 0.338 e. The Hall–Kier alpha value is -2.23. The molecular weight excluding hydrogens is 472 g/mol. The molecule has 1 aliphatic heterocycles. The molecule has 0 aliphatic carbocycles. The first-order valence-electron chi connectivity index (χ1n) is 9.47. The van der Waals surface area contributed by atoms with Crippen LogP contribution in [-0.2, 0) is 21.4 Å². The molecule has 1 aliphatic rings. The van der Waals surface area contributed by atoms with E-state index in [-0.39, 0.29) is 23.0 Å². The molecule has 0 spiro atoms. The van der Waals surface area contributed by atoms with E-state index in [0.717, 1.165) is 35.8 Å². The Labute approximate surface area is 184 Å². The standard InChI is InChI=1S/C21H23BrN2O5S/c1-23(2)30(27,28)19-13-17(9-10-18(19)22)21(26)29-14-15-5-7-16(8-6-15)20(25)24-11-3-4-12-24/h5-10,13H,3-4,11-12,14H2,1-2H3. The molecule has 0 bridgehead atoms. The molecule has 0 unspecified atom stereocenters. The molecule has 1 saturated heterocycles. The lowest BCUT2D eigenvalue weighted by molar-refractivity contribution is 0.0472. The van der Waals surface area contributed by atoms with Gasteiger partial charge in [-0.1, -0.05) is 12.1 Å². The molecule has 2 aromatic carbocycles. The van der Waals surface area contributed by atoms with E-state index in [4.69, 9.17) is 4.74 Å². The van der Waals surface area contributed by atoms with E-state index in [1.807, 2.05) is 4.90 Å². The van der Waals surface area contributed by atoms with Crippen LogP contribution in [0, 0.1) is 0 Å². The number of rotatable bonds is 6. The van der Waals surface area contributed by atoms with Crippen molar-refractivity contribution in [2.24, 2.45) is 0 Å². The van der Waals surface area contributed by atoms with Crippen molar-refractivity contribution in [1.29, 1.82) is 0 Å². The summed E-state index contributed by atoms with van der Waals surface area (Å²) in [4.78, 5) is 26.6. The van der Waals surface area contributed by atoms with Crippen molar-refractivity contribution in [3.8, 4) is 0 Å². The summed E-state index contributed by atoms with van der Waals surface area (Å²) in [6, 6.07) is 11.3. The summed E-state index contributed by atoms with van der Waals surface area (Å²) in [7, 11) is -0.865. The first kappa shape index (κ1) is 22.5. The monoisotopic (exact) mass is 494 g/mol. The number of halogens is 1. The van der Waals surface area contributed by atoms with Crippen LogP contribution in [0.5, 0.6) is 0 Å². The van der Waals surface area contributed by atoms with E-state index in [1.54, 1.807) is 24.3 Å². The molecule has 0 atom stereocenters. The quantitative estimate of drug-likeness (QED) is 0.575. The first-order valence-corrected chi connectivity index (χ1v) is 11.7. The SMILES string of the molecule is CN(C)S(=O)(=O)c1cc(C(=O)OCc2ccc(C(=O)N3CCCC3)cc2)ccc1Br. The van der Waals surface area contributed by atoms with E-state index in [1.165, 1.54) is 32.3 Å². The van der Waals surface area contributed by atoms with E-state index < -0.39 is 16.0 Å². The number of benzene rings is 2. The molecule has 0 radical (unpaired) electrons. The van der Waals surface area contributed by atoms with Gasteiger partial charge in [-0.15, -0.1) is 0 Å². The Balaban J connectivity index is 1.66. The van der Waals surface area contributed by atoms with E-state index in [0.29, 0.717) is 10.0 Å². The molecule has 3 rings (SSSR count). The van der Waals surface area contributed by atoms with E-state index in [2.05, 4.69) is 15.9 Å². The predicted octanol–water partition coefficient (Wildman–Crippen LogP) is 3.29. The van der Waals surface area contributed by atoms with Crippen molar-refractivity contribution in [3.63, 3.8) is 0 Å². The Morgan fingerprint density at radius 1 is 1.03 bits per heavy atom. The van der Waals surface area contributed by atoms with Gasteiger partial charge >= 0.3 is 5.97 Å². The highest BCUT2D eigenvalue weighted by atomic mass is 79.9. The number of likely N-dealkylation sites (tertiary alicyclic amines) is 1. The third-order valence-corrected chi connectivity index (χ3v) is 7.70. The zero-order valence-corrected chi connectivity index (χ0v) is 19.2. The van der Waals surface area contributed by atoms with Gasteiger partial charge in [-0.25, -0.2) is 17.5 Å². The number of carbonyl (C=O) groups excluding carboxylic acids is 2. The van der Waals surface area contributed by atoms with Gasteiger partial charge in [0, 0.05) is 37.2 Å². The molecule has 1 fully saturated rings. The summed E-state index contributed by atoms with van der Waals surface area (Å²) in [6.07, 6.45) is 2.07. The third-order valence-electron chi connectivity index (χ3n) is 4.89. The van der Waals surface area contributed by atoms with Crippen molar-refractivity contribution < 1.29 is 22.7 Å². The highest BCUT2D eigenvalue weighted by molar-refractivity contribution is 9.10. The van der Waals surface area contributed by atoms with E-state index in [9.17, 15) is 18.0 Å². The summed E-state index contributed by atoms with van der Waals surface area (Å²) in [5.74, 6) is -0.615. The second kappa shape index (κ2) is 9.28. The number of hydrogen-bond donors (Lipinski definition) is 0. The highest BCUT2D eigenvalue weighted by Crippen LogP contribution is 2.25. The van der Waals surface area contributed by atoms with Crippen molar-refractivity contribution in [3.05, 3.63) is 63.6 Å². The average Bonchev–Trinajstić information content (AvgIpc) is 3.27. The molecule has 0 aromatic heterocycles. The lowest BCUT2D eigenvalue weighted by atomic mass is 10.1. The molecule has 1 heterocycles. The van der Waals surface area contributed by atoms with Crippen LogP contribution in [-0.4, -0.2) is 56.7 Å². The second-order valence-electron chi connectivity index (χ2n) is 7.20. The van der Waals surface area contributed by atoms with Crippen molar-refractivity contribution >= 4 is 37.8 Å². The van der Waals surface area contributed by atoms with Crippen LogP contribution >= 0.6 is 15.9 Å². The molecule has 160 valence electrons. The molecule has 0 saturated carbocycles. The smallest absolute Gasteiger partial charge is 0.338 e. The first-order chi connectivity index (χ1) is 14.2. The second-order valence-corrected chi connectivity index (χ2v) is 10.2. The average molecular weight is 495 g/mol. The van der Waals surface area contributed by atoms with Gasteiger partial charge in [0.25, 0.3) is 5.91 Å². The number of carbonyl (C=O) groups is 2. The largest absolute Gasteiger partial charge is 0.457 e. The summed E-state index contributed by atoms with van der Waals surface area (Å²) in [6.45, 7) is 1.59. The Bertz CT molecular complexity index is 1050. The van der Waals surface area contributed by atoms with Gasteiger partial charge < -0.3 is 9.64 Å². The van der Waals surface area contributed by atoms with Crippen LogP contribution < -0.4 is 0 Å². The number of hydrogen-bond acceptors (Lipinski definition) is 5. The zero-order valence-electron chi connectivity index (χ0n) is 16.8. The van der Waals surface area contributed by atoms with Crippen LogP contribution in [0.1, 0.15) is 39.1 Å². The Morgan fingerprint density at radius 3 is 2.23 bits per heavy atom. The molecule has 30 heavy (non-hydrogen) atoms. The minimum atomic E-state index is -3.71. The molecule has 9 heteroatoms. The topological polar surface area (TPSA) is 84.0 Å². The molecule has 1 amide bonds. The zero-order chi connectivity index (χ0) is 21.9. The fourth-order valence-corrected chi connectivity index (χ4v) is 4.95. The fourth-order valence-electron chi connectivity index (χ4n) is 3.10. The van der Waals surface area contributed by atoms with Gasteiger partial charge in [0.05, 0.1) is 10.5 Å². The van der Waals surface area contributed by atoms with Gasteiger partial charge in [-0.3, -0.25) is 4.79 Å².